The fourth-order valence-electron chi connectivity index (χ4n) is 4.27. The highest BCUT2D eigenvalue weighted by atomic mass is 16.5. The van der Waals surface area contributed by atoms with E-state index in [4.69, 9.17) is 14.2 Å². The van der Waals surface area contributed by atoms with Crippen molar-refractivity contribution in [3.63, 3.8) is 0 Å². The van der Waals surface area contributed by atoms with Crippen LogP contribution in [-0.4, -0.2) is 37.2 Å². The molecule has 8 nitrogen and oxygen atoms in total. The van der Waals surface area contributed by atoms with Gasteiger partial charge in [0.25, 0.3) is 0 Å². The van der Waals surface area contributed by atoms with Crippen molar-refractivity contribution in [2.45, 2.75) is 38.1 Å². The Labute approximate surface area is 245 Å². The molecule has 4 aromatic rings. The van der Waals surface area contributed by atoms with E-state index in [0.29, 0.717) is 12.4 Å². The van der Waals surface area contributed by atoms with Gasteiger partial charge in [0.1, 0.15) is 31.0 Å². The molecule has 0 aliphatic heterocycles. The molecule has 216 valence electrons. The molecule has 0 aliphatic rings. The Hall–Kier alpha value is -5.11. The third-order valence-corrected chi connectivity index (χ3v) is 6.52. The Bertz CT molecular complexity index is 1410. The number of carbonyl (C=O) groups is 3. The van der Waals surface area contributed by atoms with Crippen LogP contribution >= 0.6 is 0 Å². The van der Waals surface area contributed by atoms with Crippen molar-refractivity contribution in [2.75, 3.05) is 7.11 Å². The first-order valence-corrected chi connectivity index (χ1v) is 13.6. The fourth-order valence-corrected chi connectivity index (χ4v) is 4.27. The van der Waals surface area contributed by atoms with Gasteiger partial charge in [-0.05, 0) is 34.4 Å². The second-order valence-electron chi connectivity index (χ2n) is 9.66. The maximum absolute atomic E-state index is 13.4. The SMILES string of the molecule is COC(=O)[C@H](Cc1ccc(OCc2ccccc2)cc1)NC(=O)[C@H](Cc1ccccc1)NC(=O)OCc1ccccc1. The van der Waals surface area contributed by atoms with Crippen LogP contribution in [0.1, 0.15) is 22.3 Å². The normalized spacial score (nSPS) is 11.9. The molecule has 0 saturated carbocycles. The number of benzene rings is 4. The number of esters is 1. The molecule has 0 heterocycles. The van der Waals surface area contributed by atoms with E-state index in [0.717, 1.165) is 22.3 Å². The van der Waals surface area contributed by atoms with Gasteiger partial charge in [-0.25, -0.2) is 9.59 Å². The Morgan fingerprint density at radius 1 is 0.595 bits per heavy atom. The predicted octanol–water partition coefficient (Wildman–Crippen LogP) is 5.00. The standard InChI is InChI=1S/C34H34N2O6/c1-40-33(38)31(22-26-17-19-29(20-18-26)41-23-27-13-7-3-8-14-27)35-32(37)30(21-25-11-5-2-6-12-25)36-34(39)42-24-28-15-9-4-10-16-28/h2-20,30-31H,21-24H2,1H3,(H,35,37)(H,36,39)/t30-,31-/m0/s1. The molecule has 2 amide bonds. The van der Waals surface area contributed by atoms with Crippen LogP contribution in [0.15, 0.2) is 115 Å². The van der Waals surface area contributed by atoms with Gasteiger partial charge in [0.2, 0.25) is 5.91 Å². The molecule has 8 heteroatoms. The quantitative estimate of drug-likeness (QED) is 0.221. The minimum Gasteiger partial charge on any atom is -0.489 e. The lowest BCUT2D eigenvalue weighted by atomic mass is 10.0. The Kier molecular flexibility index (Phi) is 11.1. The topological polar surface area (TPSA) is 103 Å². The molecule has 0 aliphatic carbocycles. The summed E-state index contributed by atoms with van der Waals surface area (Å²) in [5.74, 6) is -0.450. The van der Waals surface area contributed by atoms with Crippen LogP contribution in [0.4, 0.5) is 4.79 Å². The van der Waals surface area contributed by atoms with E-state index in [1.165, 1.54) is 7.11 Å². The zero-order chi connectivity index (χ0) is 29.6. The number of hydrogen-bond acceptors (Lipinski definition) is 6. The summed E-state index contributed by atoms with van der Waals surface area (Å²) >= 11 is 0. The molecule has 42 heavy (non-hydrogen) atoms. The van der Waals surface area contributed by atoms with E-state index in [2.05, 4.69) is 10.6 Å². The van der Waals surface area contributed by atoms with Crippen molar-refractivity contribution in [3.05, 3.63) is 138 Å². The Balaban J connectivity index is 1.40. The van der Waals surface area contributed by atoms with Crippen molar-refractivity contribution in [1.29, 1.82) is 0 Å². The van der Waals surface area contributed by atoms with Crippen LogP contribution in [0, 0.1) is 0 Å². The molecule has 0 radical (unpaired) electrons. The first-order valence-electron chi connectivity index (χ1n) is 13.6. The molecule has 2 N–H and O–H groups in total. The third-order valence-electron chi connectivity index (χ3n) is 6.52. The van der Waals surface area contributed by atoms with Crippen molar-refractivity contribution < 1.29 is 28.6 Å². The van der Waals surface area contributed by atoms with Gasteiger partial charge in [-0.3, -0.25) is 4.79 Å². The molecular weight excluding hydrogens is 532 g/mol. The second kappa shape index (κ2) is 15.6. The summed E-state index contributed by atoms with van der Waals surface area (Å²) in [6.07, 6.45) is -0.349. The highest BCUT2D eigenvalue weighted by molar-refractivity contribution is 5.90. The smallest absolute Gasteiger partial charge is 0.408 e. The van der Waals surface area contributed by atoms with Gasteiger partial charge in [0.05, 0.1) is 7.11 Å². The van der Waals surface area contributed by atoms with E-state index < -0.39 is 30.1 Å². The van der Waals surface area contributed by atoms with E-state index in [9.17, 15) is 14.4 Å². The van der Waals surface area contributed by atoms with Crippen molar-refractivity contribution >= 4 is 18.0 Å². The monoisotopic (exact) mass is 566 g/mol. The Morgan fingerprint density at radius 3 is 1.67 bits per heavy atom. The Morgan fingerprint density at radius 2 is 1.10 bits per heavy atom. The van der Waals surface area contributed by atoms with Crippen molar-refractivity contribution in [2.24, 2.45) is 0 Å². The zero-order valence-corrected chi connectivity index (χ0v) is 23.4. The molecule has 4 aromatic carbocycles. The van der Waals surface area contributed by atoms with Gasteiger partial charge in [-0.1, -0.05) is 103 Å². The number of alkyl carbamates (subject to hydrolysis) is 1. The molecule has 0 aromatic heterocycles. The van der Waals surface area contributed by atoms with Crippen molar-refractivity contribution in [3.8, 4) is 5.75 Å². The number of hydrogen-bond donors (Lipinski definition) is 2. The van der Waals surface area contributed by atoms with Crippen LogP contribution in [0.3, 0.4) is 0 Å². The van der Waals surface area contributed by atoms with E-state index >= 15 is 0 Å². The van der Waals surface area contributed by atoms with Crippen LogP contribution < -0.4 is 15.4 Å². The van der Waals surface area contributed by atoms with E-state index in [-0.39, 0.29) is 19.4 Å². The summed E-state index contributed by atoms with van der Waals surface area (Å²) < 4.78 is 16.2. The molecule has 0 spiro atoms. The largest absolute Gasteiger partial charge is 0.489 e. The minimum atomic E-state index is -0.989. The van der Waals surface area contributed by atoms with Gasteiger partial charge in [-0.15, -0.1) is 0 Å². The fraction of sp³-hybridized carbons (Fsp3) is 0.206. The highest BCUT2D eigenvalue weighted by Gasteiger charge is 2.28. The second-order valence-corrected chi connectivity index (χ2v) is 9.66. The van der Waals surface area contributed by atoms with Crippen LogP contribution in [0.25, 0.3) is 0 Å². The molecule has 2 atom stereocenters. The lowest BCUT2D eigenvalue weighted by molar-refractivity contribution is -0.145. The number of carbonyl (C=O) groups excluding carboxylic acids is 3. The van der Waals surface area contributed by atoms with E-state index in [1.54, 1.807) is 0 Å². The van der Waals surface area contributed by atoms with Crippen LogP contribution in [0.2, 0.25) is 0 Å². The molecule has 4 rings (SSSR count). The molecular formula is C34H34N2O6. The van der Waals surface area contributed by atoms with Gasteiger partial charge in [0, 0.05) is 12.8 Å². The average Bonchev–Trinajstić information content (AvgIpc) is 3.04. The number of ether oxygens (including phenoxy) is 3. The van der Waals surface area contributed by atoms with Crippen LogP contribution in [0.5, 0.6) is 5.75 Å². The maximum atomic E-state index is 13.4. The summed E-state index contributed by atoms with van der Waals surface area (Å²) in [7, 11) is 1.27. The third kappa shape index (κ3) is 9.52. The lowest BCUT2D eigenvalue weighted by Crippen LogP contribution is -2.53. The number of methoxy groups -OCH3 is 1. The molecule has 0 unspecified atom stereocenters. The van der Waals surface area contributed by atoms with Crippen LogP contribution in [-0.2, 0) is 45.1 Å². The van der Waals surface area contributed by atoms with Gasteiger partial charge in [-0.2, -0.15) is 0 Å². The summed E-state index contributed by atoms with van der Waals surface area (Å²) in [6, 6.07) is 33.7. The minimum absolute atomic E-state index is 0.0577. The lowest BCUT2D eigenvalue weighted by Gasteiger charge is -2.22. The van der Waals surface area contributed by atoms with Gasteiger partial charge < -0.3 is 24.8 Å². The molecule has 0 bridgehead atoms. The number of nitrogens with one attached hydrogen (secondary N) is 2. The zero-order valence-electron chi connectivity index (χ0n) is 23.4. The van der Waals surface area contributed by atoms with Gasteiger partial charge >= 0.3 is 12.1 Å². The maximum Gasteiger partial charge on any atom is 0.408 e. The highest BCUT2D eigenvalue weighted by Crippen LogP contribution is 2.16. The van der Waals surface area contributed by atoms with Gasteiger partial charge in [0.15, 0.2) is 0 Å². The molecule has 0 fully saturated rings. The number of amides is 2. The van der Waals surface area contributed by atoms with Crippen molar-refractivity contribution in [1.82, 2.24) is 10.6 Å². The first-order chi connectivity index (χ1) is 20.5. The summed E-state index contributed by atoms with van der Waals surface area (Å²) in [6.45, 7) is 0.493. The van der Waals surface area contributed by atoms with E-state index in [1.807, 2.05) is 115 Å². The number of rotatable bonds is 13. The average molecular weight is 567 g/mol. The molecule has 0 saturated heterocycles. The summed E-state index contributed by atoms with van der Waals surface area (Å²) in [5, 5.41) is 5.42. The summed E-state index contributed by atoms with van der Waals surface area (Å²) in [5.41, 5.74) is 3.51. The summed E-state index contributed by atoms with van der Waals surface area (Å²) in [4.78, 5) is 38.8. The predicted molar refractivity (Wildman–Crippen MR) is 159 cm³/mol. The first kappa shape index (κ1) is 29.9.